The Bertz CT molecular complexity index is 613. The van der Waals surface area contributed by atoms with E-state index in [1.807, 2.05) is 6.07 Å². The van der Waals surface area contributed by atoms with Crippen LogP contribution in [0.3, 0.4) is 0 Å². The number of methoxy groups -OCH3 is 2. The van der Waals surface area contributed by atoms with Crippen LogP contribution in [0.1, 0.15) is 54.1 Å². The van der Waals surface area contributed by atoms with E-state index in [4.69, 9.17) is 9.47 Å². The molecule has 0 spiro atoms. The molecule has 0 aromatic carbocycles. The van der Waals surface area contributed by atoms with E-state index < -0.39 is 5.97 Å². The van der Waals surface area contributed by atoms with Crippen molar-refractivity contribution in [3.63, 3.8) is 0 Å². The van der Waals surface area contributed by atoms with Crippen molar-refractivity contribution in [2.75, 3.05) is 19.5 Å². The normalized spacial score (nSPS) is 23.6. The molecule has 0 radical (unpaired) electrons. The maximum atomic E-state index is 12.1. The van der Waals surface area contributed by atoms with Crippen LogP contribution in [-0.2, 0) is 14.3 Å². The third-order valence-electron chi connectivity index (χ3n) is 4.66. The van der Waals surface area contributed by atoms with Crippen molar-refractivity contribution in [3.8, 4) is 0 Å². The molecule has 23 heavy (non-hydrogen) atoms. The fourth-order valence-electron chi connectivity index (χ4n) is 3.14. The van der Waals surface area contributed by atoms with Crippen molar-refractivity contribution in [2.45, 2.75) is 44.1 Å². The minimum atomic E-state index is -0.469. The Morgan fingerprint density at radius 1 is 1.17 bits per heavy atom. The summed E-state index contributed by atoms with van der Waals surface area (Å²) in [6, 6.07) is 3.65. The summed E-state index contributed by atoms with van der Waals surface area (Å²) in [4.78, 5) is 28.3. The minimum absolute atomic E-state index is 0.0265. The number of anilines is 1. The molecule has 2 saturated carbocycles. The Hall–Kier alpha value is -1.95. The number of esters is 1. The summed E-state index contributed by atoms with van der Waals surface area (Å²) in [5.74, 6) is 0.238. The fourth-order valence-corrected chi connectivity index (χ4v) is 3.14. The molecule has 2 aliphatic rings. The molecular weight excluding hydrogens is 296 g/mol. The lowest BCUT2D eigenvalue weighted by Gasteiger charge is -2.15. The second-order valence-electron chi connectivity index (χ2n) is 6.26. The van der Waals surface area contributed by atoms with Gasteiger partial charge in [0.05, 0.1) is 13.2 Å². The predicted molar refractivity (Wildman–Crippen MR) is 84.3 cm³/mol. The third kappa shape index (κ3) is 3.52. The first-order chi connectivity index (χ1) is 11.1. The summed E-state index contributed by atoms with van der Waals surface area (Å²) in [7, 11) is 3.05. The van der Waals surface area contributed by atoms with E-state index in [-0.39, 0.29) is 23.8 Å². The van der Waals surface area contributed by atoms with E-state index in [9.17, 15) is 9.59 Å². The number of rotatable bonds is 5. The van der Waals surface area contributed by atoms with Crippen LogP contribution in [0.25, 0.3) is 0 Å². The van der Waals surface area contributed by atoms with Crippen molar-refractivity contribution in [1.82, 2.24) is 4.98 Å². The summed E-state index contributed by atoms with van der Waals surface area (Å²) in [6.45, 7) is 0. The van der Waals surface area contributed by atoms with Gasteiger partial charge in [0.2, 0.25) is 5.91 Å². The Morgan fingerprint density at radius 3 is 2.57 bits per heavy atom. The first-order valence-corrected chi connectivity index (χ1v) is 8.05. The van der Waals surface area contributed by atoms with Crippen LogP contribution in [0.2, 0.25) is 0 Å². The molecule has 2 unspecified atom stereocenters. The standard InChI is InChI=1S/C17H22N2O4/c1-22-12-6-5-11(9-12)13-7-8-14(18-15(13)17(21)23-2)19-16(20)10-3-4-10/h7-8,10-12H,3-6,9H2,1-2H3,(H,18,19,20). The number of nitrogens with one attached hydrogen (secondary N) is 1. The zero-order chi connectivity index (χ0) is 16.4. The largest absolute Gasteiger partial charge is 0.464 e. The van der Waals surface area contributed by atoms with Crippen LogP contribution < -0.4 is 5.32 Å². The Morgan fingerprint density at radius 2 is 1.96 bits per heavy atom. The highest BCUT2D eigenvalue weighted by atomic mass is 16.5. The van der Waals surface area contributed by atoms with Crippen molar-refractivity contribution in [1.29, 1.82) is 0 Å². The van der Waals surface area contributed by atoms with Gasteiger partial charge >= 0.3 is 5.97 Å². The van der Waals surface area contributed by atoms with Crippen molar-refractivity contribution < 1.29 is 19.1 Å². The van der Waals surface area contributed by atoms with Crippen LogP contribution in [0, 0.1) is 5.92 Å². The minimum Gasteiger partial charge on any atom is -0.464 e. The van der Waals surface area contributed by atoms with Gasteiger partial charge in [-0.05, 0) is 49.7 Å². The van der Waals surface area contributed by atoms with Gasteiger partial charge in [0.25, 0.3) is 0 Å². The Kier molecular flexibility index (Phi) is 4.61. The van der Waals surface area contributed by atoms with Gasteiger partial charge in [0.1, 0.15) is 5.82 Å². The van der Waals surface area contributed by atoms with Gasteiger partial charge < -0.3 is 14.8 Å². The van der Waals surface area contributed by atoms with Crippen LogP contribution in [0.4, 0.5) is 5.82 Å². The number of amides is 1. The van der Waals surface area contributed by atoms with Crippen LogP contribution in [0.5, 0.6) is 0 Å². The van der Waals surface area contributed by atoms with Gasteiger partial charge in [-0.1, -0.05) is 6.07 Å². The highest BCUT2D eigenvalue weighted by Gasteiger charge is 2.32. The molecule has 0 bridgehead atoms. The molecule has 2 atom stereocenters. The smallest absolute Gasteiger partial charge is 0.357 e. The third-order valence-corrected chi connectivity index (χ3v) is 4.66. The first kappa shape index (κ1) is 15.9. The predicted octanol–water partition coefficient (Wildman–Crippen LogP) is 2.50. The van der Waals surface area contributed by atoms with Crippen LogP contribution in [-0.4, -0.2) is 37.2 Å². The summed E-state index contributed by atoms with van der Waals surface area (Å²) < 4.78 is 10.3. The van der Waals surface area contributed by atoms with E-state index >= 15 is 0 Å². The highest BCUT2D eigenvalue weighted by Crippen LogP contribution is 2.37. The zero-order valence-corrected chi connectivity index (χ0v) is 13.5. The molecule has 124 valence electrons. The molecule has 6 heteroatoms. The van der Waals surface area contributed by atoms with E-state index in [0.717, 1.165) is 37.7 Å². The maximum Gasteiger partial charge on any atom is 0.357 e. The molecule has 2 fully saturated rings. The molecule has 0 saturated heterocycles. The molecule has 3 rings (SSSR count). The number of aromatic nitrogens is 1. The van der Waals surface area contributed by atoms with Crippen molar-refractivity contribution in [2.24, 2.45) is 5.92 Å². The quantitative estimate of drug-likeness (QED) is 0.844. The molecule has 1 heterocycles. The fraction of sp³-hybridized carbons (Fsp3) is 0.588. The summed E-state index contributed by atoms with van der Waals surface area (Å²) >= 11 is 0. The van der Waals surface area contributed by atoms with Gasteiger partial charge in [0.15, 0.2) is 5.69 Å². The second-order valence-corrected chi connectivity index (χ2v) is 6.26. The molecule has 1 N–H and O–H groups in total. The Balaban J connectivity index is 1.83. The van der Waals surface area contributed by atoms with Gasteiger partial charge in [0, 0.05) is 13.0 Å². The molecule has 2 aliphatic carbocycles. The van der Waals surface area contributed by atoms with E-state index in [1.165, 1.54) is 7.11 Å². The van der Waals surface area contributed by atoms with Gasteiger partial charge in [-0.25, -0.2) is 9.78 Å². The maximum absolute atomic E-state index is 12.1. The highest BCUT2D eigenvalue weighted by molar-refractivity contribution is 5.94. The number of carbonyl (C=O) groups excluding carboxylic acids is 2. The molecule has 1 amide bonds. The summed E-state index contributed by atoms with van der Waals surface area (Å²) in [5.41, 5.74) is 1.17. The van der Waals surface area contributed by atoms with E-state index in [0.29, 0.717) is 11.5 Å². The zero-order valence-electron chi connectivity index (χ0n) is 13.5. The average molecular weight is 318 g/mol. The number of nitrogens with zero attached hydrogens (tertiary/aromatic N) is 1. The van der Waals surface area contributed by atoms with Crippen molar-refractivity contribution >= 4 is 17.7 Å². The lowest BCUT2D eigenvalue weighted by atomic mass is 9.95. The topological polar surface area (TPSA) is 77.5 Å². The number of pyridine rings is 1. The van der Waals surface area contributed by atoms with Crippen LogP contribution >= 0.6 is 0 Å². The second kappa shape index (κ2) is 6.66. The van der Waals surface area contributed by atoms with Gasteiger partial charge in [-0.2, -0.15) is 0 Å². The number of hydrogen-bond acceptors (Lipinski definition) is 5. The van der Waals surface area contributed by atoms with Gasteiger partial charge in [-0.3, -0.25) is 4.79 Å². The number of ether oxygens (including phenoxy) is 2. The van der Waals surface area contributed by atoms with Crippen LogP contribution in [0.15, 0.2) is 12.1 Å². The number of hydrogen-bond donors (Lipinski definition) is 1. The molecule has 1 aromatic rings. The van der Waals surface area contributed by atoms with Gasteiger partial charge in [-0.15, -0.1) is 0 Å². The van der Waals surface area contributed by atoms with E-state index in [1.54, 1.807) is 13.2 Å². The lowest BCUT2D eigenvalue weighted by Crippen LogP contribution is -2.17. The summed E-state index contributed by atoms with van der Waals surface area (Å²) in [6.07, 6.45) is 4.87. The molecule has 6 nitrogen and oxygen atoms in total. The SMILES string of the molecule is COC(=O)c1nc(NC(=O)C2CC2)ccc1C1CCC(OC)C1. The lowest BCUT2D eigenvalue weighted by molar-refractivity contribution is -0.117. The molecular formula is C17H22N2O4. The van der Waals surface area contributed by atoms with Crippen molar-refractivity contribution in [3.05, 3.63) is 23.4 Å². The van der Waals surface area contributed by atoms with E-state index in [2.05, 4.69) is 10.3 Å². The first-order valence-electron chi connectivity index (χ1n) is 8.05. The Labute approximate surface area is 135 Å². The number of carbonyl (C=O) groups is 2. The summed E-state index contributed by atoms with van der Waals surface area (Å²) in [5, 5.41) is 2.78. The monoisotopic (exact) mass is 318 g/mol. The molecule has 0 aliphatic heterocycles. The molecule has 1 aromatic heterocycles. The average Bonchev–Trinajstić information content (AvgIpc) is 3.32.